The number of hydrogen-bond acceptors (Lipinski definition) is 2. The summed E-state index contributed by atoms with van der Waals surface area (Å²) < 4.78 is 0. The van der Waals surface area contributed by atoms with Crippen molar-refractivity contribution in [1.29, 1.82) is 0 Å². The first-order valence-electron chi connectivity index (χ1n) is 8.94. The van der Waals surface area contributed by atoms with Gasteiger partial charge < -0.3 is 11.1 Å². The van der Waals surface area contributed by atoms with Gasteiger partial charge in [0.15, 0.2) is 0 Å². The van der Waals surface area contributed by atoms with E-state index in [0.29, 0.717) is 18.0 Å². The minimum atomic E-state index is 0.239. The lowest BCUT2D eigenvalue weighted by molar-refractivity contribution is 0.313. The summed E-state index contributed by atoms with van der Waals surface area (Å²) in [5.74, 6) is 0.648. The average molecular weight is 303 g/mol. The van der Waals surface area contributed by atoms with Gasteiger partial charge in [0.05, 0.1) is 0 Å². The Bertz CT molecular complexity index is 444. The van der Waals surface area contributed by atoms with E-state index in [0.717, 1.165) is 13.0 Å². The monoisotopic (exact) mass is 302 g/mol. The van der Waals surface area contributed by atoms with Gasteiger partial charge in [0.25, 0.3) is 0 Å². The molecule has 1 aromatic carbocycles. The molecule has 1 saturated carbocycles. The summed E-state index contributed by atoms with van der Waals surface area (Å²) in [5.41, 5.74) is 9.30. The minimum Gasteiger partial charge on any atom is -0.326 e. The van der Waals surface area contributed by atoms with Gasteiger partial charge in [-0.2, -0.15) is 0 Å². The van der Waals surface area contributed by atoms with Crippen molar-refractivity contribution >= 4 is 0 Å². The highest BCUT2D eigenvalue weighted by Gasteiger charge is 2.21. The zero-order chi connectivity index (χ0) is 16.2. The van der Waals surface area contributed by atoms with Crippen molar-refractivity contribution in [2.45, 2.75) is 77.3 Å². The molecule has 3 N–H and O–H groups in total. The Balaban J connectivity index is 1.80. The predicted octanol–water partition coefficient (Wildman–Crippen LogP) is 4.02. The van der Waals surface area contributed by atoms with Crippen LogP contribution in [0.25, 0.3) is 0 Å². The van der Waals surface area contributed by atoms with E-state index in [1.807, 2.05) is 0 Å². The molecule has 0 aromatic heterocycles. The molecule has 0 saturated heterocycles. The molecule has 0 bridgehead atoms. The van der Waals surface area contributed by atoms with Crippen LogP contribution in [0.5, 0.6) is 0 Å². The maximum Gasteiger partial charge on any atom is 0.0219 e. The van der Waals surface area contributed by atoms with E-state index in [2.05, 4.69) is 57.3 Å². The third-order valence-electron chi connectivity index (χ3n) is 4.95. The highest BCUT2D eigenvalue weighted by Crippen LogP contribution is 2.23. The molecule has 1 aromatic rings. The second kappa shape index (κ2) is 7.61. The highest BCUT2D eigenvalue weighted by molar-refractivity contribution is 5.27. The lowest BCUT2D eigenvalue weighted by Crippen LogP contribution is -2.48. The molecule has 3 atom stereocenters. The smallest absolute Gasteiger partial charge is 0.0219 e. The Morgan fingerprint density at radius 1 is 1.14 bits per heavy atom. The fourth-order valence-electron chi connectivity index (χ4n) is 3.38. The molecule has 2 heteroatoms. The maximum atomic E-state index is 6.21. The van der Waals surface area contributed by atoms with Gasteiger partial charge in [0.1, 0.15) is 0 Å². The van der Waals surface area contributed by atoms with Crippen molar-refractivity contribution in [3.63, 3.8) is 0 Å². The van der Waals surface area contributed by atoms with Crippen molar-refractivity contribution in [2.24, 2.45) is 11.7 Å². The van der Waals surface area contributed by atoms with Crippen molar-refractivity contribution in [2.75, 3.05) is 6.54 Å². The quantitative estimate of drug-likeness (QED) is 0.862. The van der Waals surface area contributed by atoms with Crippen molar-refractivity contribution in [3.8, 4) is 0 Å². The first-order chi connectivity index (χ1) is 10.4. The number of nitrogens with one attached hydrogen (secondary N) is 1. The van der Waals surface area contributed by atoms with Crippen LogP contribution in [-0.4, -0.2) is 18.6 Å². The average Bonchev–Trinajstić information content (AvgIpc) is 2.46. The number of nitrogens with two attached hydrogens (primary N) is 1. The lowest BCUT2D eigenvalue weighted by atomic mass is 9.86. The summed E-state index contributed by atoms with van der Waals surface area (Å²) >= 11 is 0. The van der Waals surface area contributed by atoms with Gasteiger partial charge in [0, 0.05) is 12.1 Å². The standard InChI is InChI=1S/C20H34N2/c1-15(14-22-19-8-6-5-7-18(19)21)13-16-9-11-17(12-10-16)20(2,3)4/h9-12,15,18-19,22H,5-8,13-14,21H2,1-4H3. The number of benzene rings is 1. The summed E-state index contributed by atoms with van der Waals surface area (Å²) in [6.45, 7) is 10.2. The molecule has 0 aliphatic heterocycles. The number of hydrogen-bond donors (Lipinski definition) is 2. The van der Waals surface area contributed by atoms with E-state index < -0.39 is 0 Å². The summed E-state index contributed by atoms with van der Waals surface area (Å²) in [5, 5.41) is 3.70. The van der Waals surface area contributed by atoms with Crippen molar-refractivity contribution in [1.82, 2.24) is 5.32 Å². The van der Waals surface area contributed by atoms with E-state index in [9.17, 15) is 0 Å². The molecule has 0 heterocycles. The summed E-state index contributed by atoms with van der Waals surface area (Å²) in [7, 11) is 0. The molecule has 2 rings (SSSR count). The third kappa shape index (κ3) is 5.10. The molecule has 22 heavy (non-hydrogen) atoms. The normalized spacial score (nSPS) is 24.2. The third-order valence-corrected chi connectivity index (χ3v) is 4.95. The molecule has 124 valence electrons. The Morgan fingerprint density at radius 3 is 2.36 bits per heavy atom. The van der Waals surface area contributed by atoms with Gasteiger partial charge in [-0.3, -0.25) is 0 Å². The second-order valence-electron chi connectivity index (χ2n) is 8.22. The van der Waals surface area contributed by atoms with Gasteiger partial charge in [-0.25, -0.2) is 0 Å². The predicted molar refractivity (Wildman–Crippen MR) is 96.2 cm³/mol. The van der Waals surface area contributed by atoms with Crippen molar-refractivity contribution in [3.05, 3.63) is 35.4 Å². The van der Waals surface area contributed by atoms with Crippen LogP contribution in [0.1, 0.15) is 64.5 Å². The van der Waals surface area contributed by atoms with Crippen molar-refractivity contribution < 1.29 is 0 Å². The molecule has 2 nitrogen and oxygen atoms in total. The fourth-order valence-corrected chi connectivity index (χ4v) is 3.38. The van der Waals surface area contributed by atoms with Crippen LogP contribution < -0.4 is 11.1 Å². The van der Waals surface area contributed by atoms with Crippen LogP contribution in [0.15, 0.2) is 24.3 Å². The summed E-state index contributed by atoms with van der Waals surface area (Å²) in [6, 6.07) is 10.0. The van der Waals surface area contributed by atoms with E-state index in [1.165, 1.54) is 36.8 Å². The van der Waals surface area contributed by atoms with Crippen LogP contribution in [0, 0.1) is 5.92 Å². The molecular formula is C20H34N2. The molecule has 0 radical (unpaired) electrons. The van der Waals surface area contributed by atoms with E-state index in [1.54, 1.807) is 0 Å². The van der Waals surface area contributed by atoms with E-state index in [4.69, 9.17) is 5.73 Å². The highest BCUT2D eigenvalue weighted by atomic mass is 15.0. The van der Waals surface area contributed by atoms with Gasteiger partial charge in [-0.15, -0.1) is 0 Å². The molecule has 3 unspecified atom stereocenters. The maximum absolute atomic E-state index is 6.21. The minimum absolute atomic E-state index is 0.239. The largest absolute Gasteiger partial charge is 0.326 e. The Hall–Kier alpha value is -0.860. The topological polar surface area (TPSA) is 38.0 Å². The van der Waals surface area contributed by atoms with Crippen LogP contribution in [0.3, 0.4) is 0 Å². The fraction of sp³-hybridized carbons (Fsp3) is 0.700. The van der Waals surface area contributed by atoms with Crippen LogP contribution in [0.4, 0.5) is 0 Å². The Morgan fingerprint density at radius 2 is 1.77 bits per heavy atom. The molecule has 1 aliphatic carbocycles. The van der Waals surface area contributed by atoms with Crippen LogP contribution in [-0.2, 0) is 11.8 Å². The van der Waals surface area contributed by atoms with Gasteiger partial charge in [-0.1, -0.05) is 64.8 Å². The summed E-state index contributed by atoms with van der Waals surface area (Å²) in [6.07, 6.45) is 6.19. The molecular weight excluding hydrogens is 268 g/mol. The first kappa shape index (κ1) is 17.5. The zero-order valence-electron chi connectivity index (χ0n) is 14.9. The zero-order valence-corrected chi connectivity index (χ0v) is 14.9. The second-order valence-corrected chi connectivity index (χ2v) is 8.22. The Labute approximate surface area is 136 Å². The van der Waals surface area contributed by atoms with Gasteiger partial charge >= 0.3 is 0 Å². The Kier molecular flexibility index (Phi) is 6.05. The van der Waals surface area contributed by atoms with Gasteiger partial charge in [-0.05, 0) is 48.3 Å². The molecule has 1 aliphatic rings. The first-order valence-corrected chi connectivity index (χ1v) is 8.94. The van der Waals surface area contributed by atoms with E-state index >= 15 is 0 Å². The lowest BCUT2D eigenvalue weighted by Gasteiger charge is -2.30. The van der Waals surface area contributed by atoms with E-state index in [-0.39, 0.29) is 5.41 Å². The SMILES string of the molecule is CC(CNC1CCCCC1N)Cc1ccc(C(C)(C)C)cc1. The molecule has 1 fully saturated rings. The van der Waals surface area contributed by atoms with Crippen LogP contribution >= 0.6 is 0 Å². The molecule has 0 amide bonds. The summed E-state index contributed by atoms with van der Waals surface area (Å²) in [4.78, 5) is 0. The van der Waals surface area contributed by atoms with Crippen LogP contribution in [0.2, 0.25) is 0 Å². The number of rotatable bonds is 5. The van der Waals surface area contributed by atoms with Gasteiger partial charge in [0.2, 0.25) is 0 Å². The molecule has 0 spiro atoms.